The molecule has 230 valence electrons. The second kappa shape index (κ2) is 15.1. The quantitative estimate of drug-likeness (QED) is 0.0989. The lowest BCUT2D eigenvalue weighted by molar-refractivity contribution is -0.142. The summed E-state index contributed by atoms with van der Waals surface area (Å²) in [5.41, 5.74) is 9.26. The van der Waals surface area contributed by atoms with Gasteiger partial charge in [0, 0.05) is 35.7 Å². The van der Waals surface area contributed by atoms with Gasteiger partial charge in [0.15, 0.2) is 0 Å². The monoisotopic (exact) mass is 617 g/mol. The predicted molar refractivity (Wildman–Crippen MR) is 169 cm³/mol. The van der Waals surface area contributed by atoms with E-state index in [1.165, 1.54) is 12.1 Å². The number of phenolic OH excluding ortho intramolecular Hbond substituents is 1. The number of para-hydroxylation sites is 1. The highest BCUT2D eigenvalue weighted by Crippen LogP contribution is 2.19. The number of phenols is 1. The maximum Gasteiger partial charge on any atom is 0.326 e. The van der Waals surface area contributed by atoms with E-state index in [0.717, 1.165) is 16.5 Å². The number of hydrogen-bond acceptors (Lipinski definition) is 7. The molecule has 0 saturated heterocycles. The Morgan fingerprint density at radius 1 is 0.727 bits per heavy atom. The molecule has 12 heteroatoms. The molecule has 1 heterocycles. The van der Waals surface area contributed by atoms with Gasteiger partial charge in [-0.15, -0.1) is 0 Å². The Hall–Kier alpha value is -4.81. The summed E-state index contributed by atoms with van der Waals surface area (Å²) in [7, 11) is 0. The number of aromatic nitrogens is 1. The Bertz CT molecular complexity index is 1590. The molecule has 0 fully saturated rings. The van der Waals surface area contributed by atoms with Gasteiger partial charge in [-0.3, -0.25) is 14.4 Å². The molecule has 0 saturated carbocycles. The second-order valence-electron chi connectivity index (χ2n) is 10.4. The predicted octanol–water partition coefficient (Wildman–Crippen LogP) is 1.70. The summed E-state index contributed by atoms with van der Waals surface area (Å²) in [6.45, 7) is 0. The van der Waals surface area contributed by atoms with Gasteiger partial charge in [-0.1, -0.05) is 60.7 Å². The highest BCUT2D eigenvalue weighted by molar-refractivity contribution is 7.80. The number of carboxylic acids is 1. The molecule has 3 amide bonds. The van der Waals surface area contributed by atoms with Crippen molar-refractivity contribution in [2.45, 2.75) is 43.4 Å². The van der Waals surface area contributed by atoms with E-state index in [0.29, 0.717) is 11.1 Å². The summed E-state index contributed by atoms with van der Waals surface area (Å²) in [5.74, 6) is -3.29. The molecule has 0 spiro atoms. The van der Waals surface area contributed by atoms with E-state index in [2.05, 4.69) is 33.6 Å². The first-order valence-electron chi connectivity index (χ1n) is 14.0. The minimum absolute atomic E-state index is 0.0111. The number of H-pyrrole nitrogens is 1. The summed E-state index contributed by atoms with van der Waals surface area (Å²) < 4.78 is 0. The molecule has 4 unspecified atom stereocenters. The fourth-order valence-electron chi connectivity index (χ4n) is 4.77. The standard InChI is InChI=1S/C32H35N5O6S/c33-24(16-21-17-34-25-9-5-4-8-23(21)25)29(39)37-28(18-44)31(41)35-26(14-20-10-12-22(38)13-11-20)30(40)36-27(32(42)43)15-19-6-2-1-3-7-19/h1-13,17,24,26-28,34,38,44H,14-16,18,33H2,(H,35,41)(H,36,40)(H,37,39)(H,42,43). The zero-order valence-electron chi connectivity index (χ0n) is 23.8. The number of amides is 3. The van der Waals surface area contributed by atoms with E-state index in [-0.39, 0.29) is 30.8 Å². The summed E-state index contributed by atoms with van der Waals surface area (Å²) in [4.78, 5) is 54.9. The highest BCUT2D eigenvalue weighted by Gasteiger charge is 2.30. The molecule has 0 aliphatic rings. The Morgan fingerprint density at radius 3 is 1.98 bits per heavy atom. The van der Waals surface area contributed by atoms with Crippen LogP contribution >= 0.6 is 12.6 Å². The van der Waals surface area contributed by atoms with Crippen LogP contribution in [0.15, 0.2) is 85.1 Å². The summed E-state index contributed by atoms with van der Waals surface area (Å²) in [6.07, 6.45) is 2.03. The molecule has 0 aliphatic heterocycles. The Labute approximate surface area is 259 Å². The van der Waals surface area contributed by atoms with Crippen molar-refractivity contribution in [1.82, 2.24) is 20.9 Å². The van der Waals surface area contributed by atoms with Crippen LogP contribution in [0.25, 0.3) is 10.9 Å². The van der Waals surface area contributed by atoms with Crippen LogP contribution in [0.4, 0.5) is 0 Å². The number of aliphatic carboxylic acids is 1. The lowest BCUT2D eigenvalue weighted by atomic mass is 10.0. The number of fused-ring (bicyclic) bond motifs is 1. The maximum atomic E-state index is 13.4. The van der Waals surface area contributed by atoms with Gasteiger partial charge < -0.3 is 36.9 Å². The molecular weight excluding hydrogens is 582 g/mol. The third-order valence-corrected chi connectivity index (χ3v) is 7.54. The fraction of sp³-hybridized carbons (Fsp3) is 0.250. The van der Waals surface area contributed by atoms with Crippen molar-refractivity contribution in [3.63, 3.8) is 0 Å². The first kappa shape index (κ1) is 32.1. The molecule has 0 aliphatic carbocycles. The number of aromatic hydroxyl groups is 1. The van der Waals surface area contributed by atoms with Gasteiger partial charge in [-0.25, -0.2) is 4.79 Å². The first-order chi connectivity index (χ1) is 21.1. The summed E-state index contributed by atoms with van der Waals surface area (Å²) in [6, 6.07) is 17.9. The number of hydrogen-bond donors (Lipinski definition) is 8. The second-order valence-corrected chi connectivity index (χ2v) is 10.8. The number of aromatic amines is 1. The molecule has 3 aromatic carbocycles. The Balaban J connectivity index is 1.45. The minimum Gasteiger partial charge on any atom is -0.508 e. The molecule has 44 heavy (non-hydrogen) atoms. The van der Waals surface area contributed by atoms with Crippen molar-refractivity contribution in [3.05, 3.63) is 102 Å². The molecule has 0 bridgehead atoms. The highest BCUT2D eigenvalue weighted by atomic mass is 32.1. The molecule has 0 radical (unpaired) electrons. The van der Waals surface area contributed by atoms with Gasteiger partial charge in [-0.2, -0.15) is 12.6 Å². The number of benzene rings is 3. The molecular formula is C32H35N5O6S. The smallest absolute Gasteiger partial charge is 0.326 e. The lowest BCUT2D eigenvalue weighted by Gasteiger charge is -2.25. The van der Waals surface area contributed by atoms with Gasteiger partial charge in [0.25, 0.3) is 0 Å². The molecule has 11 nitrogen and oxygen atoms in total. The van der Waals surface area contributed by atoms with Crippen LogP contribution in [0.1, 0.15) is 16.7 Å². The number of carbonyl (C=O) groups is 4. The largest absolute Gasteiger partial charge is 0.508 e. The zero-order valence-corrected chi connectivity index (χ0v) is 24.7. The van der Waals surface area contributed by atoms with Crippen molar-refractivity contribution < 1.29 is 29.4 Å². The number of nitrogens with two attached hydrogens (primary N) is 1. The van der Waals surface area contributed by atoms with Gasteiger partial charge in [0.2, 0.25) is 17.7 Å². The number of carbonyl (C=O) groups excluding carboxylic acids is 3. The van der Waals surface area contributed by atoms with E-state index in [9.17, 15) is 29.4 Å². The normalized spacial score (nSPS) is 13.8. The lowest BCUT2D eigenvalue weighted by Crippen LogP contribution is -2.58. The van der Waals surface area contributed by atoms with Crippen LogP contribution < -0.4 is 21.7 Å². The maximum absolute atomic E-state index is 13.4. The first-order valence-corrected chi connectivity index (χ1v) is 14.6. The van der Waals surface area contributed by atoms with Crippen LogP contribution in [0, 0.1) is 0 Å². The number of nitrogens with one attached hydrogen (secondary N) is 4. The van der Waals surface area contributed by atoms with E-state index >= 15 is 0 Å². The number of carboxylic acid groups (broad SMARTS) is 1. The molecule has 4 atom stereocenters. The van der Waals surface area contributed by atoms with Crippen LogP contribution in [-0.4, -0.2) is 68.8 Å². The molecule has 4 aromatic rings. The fourth-order valence-corrected chi connectivity index (χ4v) is 5.03. The topological polar surface area (TPSA) is 187 Å². The van der Waals surface area contributed by atoms with Crippen LogP contribution in [0.3, 0.4) is 0 Å². The van der Waals surface area contributed by atoms with Gasteiger partial charge in [-0.05, 0) is 41.3 Å². The zero-order chi connectivity index (χ0) is 31.6. The van der Waals surface area contributed by atoms with Crippen molar-refractivity contribution in [3.8, 4) is 5.75 Å². The average molecular weight is 618 g/mol. The van der Waals surface area contributed by atoms with Crippen molar-refractivity contribution in [2.75, 3.05) is 5.75 Å². The summed E-state index contributed by atoms with van der Waals surface area (Å²) >= 11 is 4.23. The third-order valence-electron chi connectivity index (χ3n) is 7.17. The van der Waals surface area contributed by atoms with E-state index in [1.54, 1.807) is 48.7 Å². The van der Waals surface area contributed by atoms with E-state index in [1.807, 2.05) is 24.3 Å². The molecule has 8 N–H and O–H groups in total. The van der Waals surface area contributed by atoms with Crippen molar-refractivity contribution in [1.29, 1.82) is 0 Å². The minimum atomic E-state index is -1.26. The average Bonchev–Trinajstić information content (AvgIpc) is 3.42. The van der Waals surface area contributed by atoms with Gasteiger partial charge in [0.1, 0.15) is 23.9 Å². The van der Waals surface area contributed by atoms with Gasteiger partial charge in [0.05, 0.1) is 6.04 Å². The SMILES string of the molecule is NC(Cc1c[nH]c2ccccc12)C(=O)NC(CS)C(=O)NC(Cc1ccc(O)cc1)C(=O)NC(Cc1ccccc1)C(=O)O. The van der Waals surface area contributed by atoms with Crippen LogP contribution in [-0.2, 0) is 38.4 Å². The number of rotatable bonds is 14. The Kier molecular flexibility index (Phi) is 11.0. The van der Waals surface area contributed by atoms with E-state index in [4.69, 9.17) is 5.73 Å². The summed E-state index contributed by atoms with van der Waals surface area (Å²) in [5, 5.41) is 28.2. The van der Waals surface area contributed by atoms with Crippen molar-refractivity contribution in [2.24, 2.45) is 5.73 Å². The number of thiol groups is 1. The third kappa shape index (κ3) is 8.62. The Morgan fingerprint density at radius 2 is 1.30 bits per heavy atom. The van der Waals surface area contributed by atoms with Crippen LogP contribution in [0.5, 0.6) is 5.75 Å². The molecule has 1 aromatic heterocycles. The van der Waals surface area contributed by atoms with E-state index < -0.39 is 47.9 Å². The molecule has 4 rings (SSSR count). The van der Waals surface area contributed by atoms with Gasteiger partial charge >= 0.3 is 5.97 Å². The van der Waals surface area contributed by atoms with Crippen LogP contribution in [0.2, 0.25) is 0 Å². The van der Waals surface area contributed by atoms with Crippen molar-refractivity contribution >= 4 is 47.2 Å².